The van der Waals surface area contributed by atoms with E-state index in [4.69, 9.17) is 0 Å². The summed E-state index contributed by atoms with van der Waals surface area (Å²) in [4.78, 5) is 48.1. The molecule has 0 unspecified atom stereocenters. The van der Waals surface area contributed by atoms with Gasteiger partial charge in [0.25, 0.3) is 11.4 Å². The second-order valence-electron chi connectivity index (χ2n) is 7.74. The second-order valence-corrected chi connectivity index (χ2v) is 7.74. The van der Waals surface area contributed by atoms with Crippen LogP contribution in [0.3, 0.4) is 0 Å². The van der Waals surface area contributed by atoms with Crippen LogP contribution in [0, 0.1) is 20.2 Å². The number of fused-ring (bicyclic) bond motifs is 1. The van der Waals surface area contributed by atoms with Gasteiger partial charge in [-0.2, -0.15) is 0 Å². The Hall–Kier alpha value is -4.32. The third kappa shape index (κ3) is 3.99. The average molecular weight is 453 g/mol. The first-order valence-corrected chi connectivity index (χ1v) is 10.0. The maximum atomic E-state index is 12.9. The SMILES string of the molecule is C[C@H]1CN(c2cc3c(cc2[N+](=O)[O-])c(=O)c(C(=O)O)cn3-c2ccc([N+](=O)[O-])cc2)CCN1. The standard InChI is InChI=1S/C21H19N5O7/c1-12-10-23(7-6-22-12)18-9-17-15(8-19(18)26(32)33)20(27)16(21(28)29)11-24(17)13-2-4-14(5-3-13)25(30)31/h2-5,8-9,11-12,22H,6-7,10H2,1H3,(H,28,29)/t12-/m0/s1. The Morgan fingerprint density at radius 2 is 1.85 bits per heavy atom. The molecule has 2 N–H and O–H groups in total. The van der Waals surface area contributed by atoms with E-state index >= 15 is 0 Å². The maximum Gasteiger partial charge on any atom is 0.341 e. The number of aromatic nitrogens is 1. The lowest BCUT2D eigenvalue weighted by molar-refractivity contribution is -0.384. The van der Waals surface area contributed by atoms with Gasteiger partial charge in [-0.3, -0.25) is 25.0 Å². The zero-order valence-corrected chi connectivity index (χ0v) is 17.4. The summed E-state index contributed by atoms with van der Waals surface area (Å²) in [5.74, 6) is -1.49. The van der Waals surface area contributed by atoms with Gasteiger partial charge in [0.05, 0.1) is 20.7 Å². The van der Waals surface area contributed by atoms with Crippen LogP contribution in [0.25, 0.3) is 16.6 Å². The first-order valence-electron chi connectivity index (χ1n) is 10.0. The number of nitrogens with one attached hydrogen (secondary N) is 1. The van der Waals surface area contributed by atoms with Gasteiger partial charge in [-0.25, -0.2) is 4.79 Å². The fourth-order valence-corrected chi connectivity index (χ4v) is 4.00. The van der Waals surface area contributed by atoms with Crippen LogP contribution in [0.4, 0.5) is 17.1 Å². The van der Waals surface area contributed by atoms with Crippen molar-refractivity contribution in [1.82, 2.24) is 9.88 Å². The summed E-state index contributed by atoms with van der Waals surface area (Å²) in [6, 6.07) is 8.03. The molecule has 12 heteroatoms. The Morgan fingerprint density at radius 3 is 2.42 bits per heavy atom. The number of hydrogen-bond donors (Lipinski definition) is 2. The zero-order valence-electron chi connectivity index (χ0n) is 17.4. The van der Waals surface area contributed by atoms with E-state index in [0.717, 1.165) is 12.3 Å². The lowest BCUT2D eigenvalue weighted by Gasteiger charge is -2.33. The Kier molecular flexibility index (Phi) is 5.52. The Balaban J connectivity index is 2.03. The molecular weight excluding hydrogens is 434 g/mol. The number of piperazine rings is 1. The lowest BCUT2D eigenvalue weighted by atomic mass is 10.1. The molecule has 1 aliphatic heterocycles. The lowest BCUT2D eigenvalue weighted by Crippen LogP contribution is -2.49. The number of nitro groups is 2. The number of non-ortho nitro benzene ring substituents is 1. The molecule has 0 amide bonds. The molecule has 4 rings (SSSR count). The van der Waals surface area contributed by atoms with Crippen molar-refractivity contribution in [3.8, 4) is 5.69 Å². The molecule has 0 radical (unpaired) electrons. The van der Waals surface area contributed by atoms with E-state index < -0.39 is 26.8 Å². The number of hydrogen-bond acceptors (Lipinski definition) is 8. The van der Waals surface area contributed by atoms with Gasteiger partial charge < -0.3 is 19.9 Å². The summed E-state index contributed by atoms with van der Waals surface area (Å²) in [5.41, 5.74) is -0.955. The minimum atomic E-state index is -1.49. The van der Waals surface area contributed by atoms with E-state index in [9.17, 15) is 34.9 Å². The van der Waals surface area contributed by atoms with Gasteiger partial charge >= 0.3 is 5.97 Å². The predicted molar refractivity (Wildman–Crippen MR) is 119 cm³/mol. The van der Waals surface area contributed by atoms with Crippen molar-refractivity contribution in [2.75, 3.05) is 24.5 Å². The number of aromatic carboxylic acids is 1. The van der Waals surface area contributed by atoms with Gasteiger partial charge in [-0.1, -0.05) is 0 Å². The average Bonchev–Trinajstić information content (AvgIpc) is 2.78. The van der Waals surface area contributed by atoms with Crippen molar-refractivity contribution in [3.63, 3.8) is 0 Å². The topological polar surface area (TPSA) is 161 Å². The summed E-state index contributed by atoms with van der Waals surface area (Å²) in [5, 5.41) is 35.5. The van der Waals surface area contributed by atoms with Gasteiger partial charge in [0.15, 0.2) is 0 Å². The van der Waals surface area contributed by atoms with Gasteiger partial charge in [0, 0.05) is 55.8 Å². The van der Waals surface area contributed by atoms with E-state index in [1.165, 1.54) is 34.9 Å². The minimum absolute atomic E-state index is 0.0836. The molecule has 0 aliphatic carbocycles. The molecule has 3 aromatic rings. The first-order chi connectivity index (χ1) is 15.7. The smallest absolute Gasteiger partial charge is 0.341 e. The fourth-order valence-electron chi connectivity index (χ4n) is 4.00. The molecule has 1 saturated heterocycles. The van der Waals surface area contributed by atoms with Crippen molar-refractivity contribution >= 4 is 33.9 Å². The van der Waals surface area contributed by atoms with Gasteiger partial charge in [0.2, 0.25) is 5.43 Å². The number of nitro benzene ring substituents is 2. The number of benzene rings is 2. The van der Waals surface area contributed by atoms with E-state index in [1.807, 2.05) is 11.8 Å². The largest absolute Gasteiger partial charge is 0.477 e. The molecule has 1 fully saturated rings. The number of nitrogens with zero attached hydrogens (tertiary/aromatic N) is 4. The van der Waals surface area contributed by atoms with E-state index in [1.54, 1.807) is 0 Å². The summed E-state index contributed by atoms with van der Waals surface area (Å²) >= 11 is 0. The number of carboxylic acid groups (broad SMARTS) is 1. The number of carbonyl (C=O) groups is 1. The molecule has 0 spiro atoms. The molecule has 1 aromatic heterocycles. The molecular formula is C21H19N5O7. The minimum Gasteiger partial charge on any atom is -0.477 e. The predicted octanol–water partition coefficient (Wildman–Crippen LogP) is 2.30. The highest BCUT2D eigenvalue weighted by atomic mass is 16.6. The highest BCUT2D eigenvalue weighted by molar-refractivity contribution is 5.96. The highest BCUT2D eigenvalue weighted by Gasteiger charge is 2.27. The van der Waals surface area contributed by atoms with Crippen LogP contribution in [0.1, 0.15) is 17.3 Å². The normalized spacial score (nSPS) is 16.0. The number of carboxylic acids is 1. The van der Waals surface area contributed by atoms with Crippen molar-refractivity contribution in [3.05, 3.63) is 78.6 Å². The third-order valence-electron chi connectivity index (χ3n) is 5.58. The zero-order chi connectivity index (χ0) is 23.9. The molecule has 1 aliphatic rings. The molecule has 1 atom stereocenters. The maximum absolute atomic E-state index is 12.9. The van der Waals surface area contributed by atoms with Crippen molar-refractivity contribution in [2.45, 2.75) is 13.0 Å². The second kappa shape index (κ2) is 8.31. The molecule has 2 heterocycles. The van der Waals surface area contributed by atoms with Gasteiger partial charge in [0.1, 0.15) is 11.3 Å². The van der Waals surface area contributed by atoms with Crippen molar-refractivity contribution < 1.29 is 19.7 Å². The molecule has 0 bridgehead atoms. The quantitative estimate of drug-likeness (QED) is 0.436. The Morgan fingerprint density at radius 1 is 1.15 bits per heavy atom. The Bertz CT molecular complexity index is 1350. The van der Waals surface area contributed by atoms with Crippen LogP contribution in [0.15, 0.2) is 47.4 Å². The molecule has 2 aromatic carbocycles. The van der Waals surface area contributed by atoms with Gasteiger partial charge in [-0.15, -0.1) is 0 Å². The molecule has 33 heavy (non-hydrogen) atoms. The molecule has 0 saturated carbocycles. The molecule has 12 nitrogen and oxygen atoms in total. The van der Waals surface area contributed by atoms with Crippen LogP contribution in [-0.4, -0.2) is 51.2 Å². The van der Waals surface area contributed by atoms with E-state index in [0.29, 0.717) is 31.0 Å². The van der Waals surface area contributed by atoms with Crippen molar-refractivity contribution in [1.29, 1.82) is 0 Å². The van der Waals surface area contributed by atoms with Crippen LogP contribution in [0.2, 0.25) is 0 Å². The summed E-state index contributed by atoms with van der Waals surface area (Å²) in [7, 11) is 0. The van der Waals surface area contributed by atoms with Crippen LogP contribution >= 0.6 is 0 Å². The first kappa shape index (κ1) is 21.9. The number of pyridine rings is 1. The van der Waals surface area contributed by atoms with Crippen LogP contribution < -0.4 is 15.6 Å². The van der Waals surface area contributed by atoms with Gasteiger partial charge in [-0.05, 0) is 25.1 Å². The van der Waals surface area contributed by atoms with Crippen LogP contribution in [-0.2, 0) is 0 Å². The molecule has 170 valence electrons. The Labute approximate surface area is 186 Å². The summed E-state index contributed by atoms with van der Waals surface area (Å²) in [6.45, 7) is 3.57. The summed E-state index contributed by atoms with van der Waals surface area (Å²) in [6.07, 6.45) is 1.13. The third-order valence-corrected chi connectivity index (χ3v) is 5.58. The van der Waals surface area contributed by atoms with E-state index in [2.05, 4.69) is 5.32 Å². The van der Waals surface area contributed by atoms with E-state index in [-0.39, 0.29) is 28.3 Å². The van der Waals surface area contributed by atoms with Crippen molar-refractivity contribution in [2.24, 2.45) is 0 Å². The monoisotopic (exact) mass is 453 g/mol. The number of rotatable bonds is 5. The summed E-state index contributed by atoms with van der Waals surface area (Å²) < 4.78 is 1.41. The number of anilines is 1. The van der Waals surface area contributed by atoms with Crippen LogP contribution in [0.5, 0.6) is 0 Å². The highest BCUT2D eigenvalue weighted by Crippen LogP contribution is 2.34. The fraction of sp³-hybridized carbons (Fsp3) is 0.238.